The number of carbonyl (C=O) groups excluding carboxylic acids is 2. The van der Waals surface area contributed by atoms with Crippen molar-refractivity contribution in [1.82, 2.24) is 15.1 Å². The van der Waals surface area contributed by atoms with Crippen LogP contribution in [0.15, 0.2) is 4.47 Å². The number of nitrogens with one attached hydrogen (secondary N) is 1. The van der Waals surface area contributed by atoms with Crippen LogP contribution in [0.2, 0.25) is 0 Å². The fraction of sp³-hybridized carbons (Fsp3) is 0.643. The maximum Gasteiger partial charge on any atom is 0.329 e. The molecule has 24 heavy (non-hydrogen) atoms. The molecule has 0 bridgehead atoms. The van der Waals surface area contributed by atoms with E-state index in [9.17, 15) is 18.4 Å². The number of halogens is 3. The highest BCUT2D eigenvalue weighted by molar-refractivity contribution is 9.10. The molecule has 1 atom stereocenters. The molecule has 0 spiro atoms. The van der Waals surface area contributed by atoms with Crippen molar-refractivity contribution in [2.24, 2.45) is 0 Å². The Morgan fingerprint density at radius 3 is 2.67 bits per heavy atom. The molecule has 1 fully saturated rings. The second-order valence-corrected chi connectivity index (χ2v) is 6.53. The van der Waals surface area contributed by atoms with Crippen LogP contribution < -0.4 is 5.32 Å². The highest BCUT2D eigenvalue weighted by Gasteiger charge is 2.34. The quantitative estimate of drug-likeness (QED) is 0.495. The number of esters is 1. The largest absolute Gasteiger partial charge is 0.464 e. The molecule has 1 aromatic rings. The number of hydrogen-bond donors (Lipinski definition) is 2. The number of alkyl halides is 2. The van der Waals surface area contributed by atoms with Crippen LogP contribution in [-0.4, -0.2) is 40.1 Å². The second-order valence-electron chi connectivity index (χ2n) is 5.37. The van der Waals surface area contributed by atoms with E-state index in [1.807, 2.05) is 0 Å². The Bertz CT molecular complexity index is 623. The topological polar surface area (TPSA) is 73.2 Å². The molecule has 1 aliphatic carbocycles. The van der Waals surface area contributed by atoms with E-state index in [4.69, 9.17) is 4.74 Å². The minimum atomic E-state index is -2.73. The van der Waals surface area contributed by atoms with Crippen molar-refractivity contribution >= 4 is 40.4 Å². The second kappa shape index (κ2) is 8.28. The highest BCUT2D eigenvalue weighted by Crippen LogP contribution is 2.45. The molecule has 134 valence electrons. The summed E-state index contributed by atoms with van der Waals surface area (Å²) in [6.07, 6.45) is -0.987. The Kier molecular flexibility index (Phi) is 6.62. The number of hydrogen-bond acceptors (Lipinski definition) is 5. The van der Waals surface area contributed by atoms with Crippen molar-refractivity contribution in [1.29, 1.82) is 0 Å². The Labute approximate surface area is 151 Å². The Morgan fingerprint density at radius 2 is 2.17 bits per heavy atom. The van der Waals surface area contributed by atoms with Crippen molar-refractivity contribution in [3.63, 3.8) is 0 Å². The molecule has 0 unspecified atom stereocenters. The van der Waals surface area contributed by atoms with Gasteiger partial charge in [-0.1, -0.05) is 0 Å². The number of aromatic nitrogens is 2. The van der Waals surface area contributed by atoms with Crippen LogP contribution in [0, 0.1) is 0 Å². The lowest BCUT2D eigenvalue weighted by atomic mass is 10.2. The van der Waals surface area contributed by atoms with Crippen LogP contribution in [0.4, 0.5) is 8.78 Å². The summed E-state index contributed by atoms with van der Waals surface area (Å²) in [6, 6.07) is -0.890. The van der Waals surface area contributed by atoms with E-state index < -0.39 is 24.3 Å². The molecule has 1 amide bonds. The lowest BCUT2D eigenvalue weighted by molar-refractivity contribution is -0.146. The van der Waals surface area contributed by atoms with E-state index in [2.05, 4.69) is 39.0 Å². The third kappa shape index (κ3) is 4.47. The van der Waals surface area contributed by atoms with E-state index in [0.717, 1.165) is 12.8 Å². The van der Waals surface area contributed by atoms with Gasteiger partial charge in [0.2, 0.25) is 5.91 Å². The van der Waals surface area contributed by atoms with E-state index >= 15 is 0 Å². The van der Waals surface area contributed by atoms with Gasteiger partial charge < -0.3 is 10.1 Å². The zero-order valence-corrected chi connectivity index (χ0v) is 15.4. The number of amides is 1. The molecule has 0 saturated heterocycles. The van der Waals surface area contributed by atoms with Gasteiger partial charge in [-0.3, -0.25) is 9.48 Å². The summed E-state index contributed by atoms with van der Waals surface area (Å²) in [5, 5.41) is 6.34. The summed E-state index contributed by atoms with van der Waals surface area (Å²) in [6.45, 7) is 1.60. The van der Waals surface area contributed by atoms with Crippen molar-refractivity contribution in [3.05, 3.63) is 15.9 Å². The minimum Gasteiger partial charge on any atom is -0.464 e. The predicted octanol–water partition coefficient (Wildman–Crippen LogP) is 2.44. The van der Waals surface area contributed by atoms with Crippen molar-refractivity contribution in [3.8, 4) is 0 Å². The molecule has 2 rings (SSSR count). The van der Waals surface area contributed by atoms with E-state index in [-0.39, 0.29) is 35.0 Å². The molecule has 0 aromatic carbocycles. The fourth-order valence-electron chi connectivity index (χ4n) is 2.28. The van der Waals surface area contributed by atoms with Gasteiger partial charge in [0.1, 0.15) is 18.3 Å². The molecule has 0 radical (unpaired) electrons. The van der Waals surface area contributed by atoms with Gasteiger partial charge in [0.25, 0.3) is 6.43 Å². The molecule has 10 heteroatoms. The van der Waals surface area contributed by atoms with E-state index in [0.29, 0.717) is 5.69 Å². The molecule has 0 aliphatic heterocycles. The fourth-order valence-corrected chi connectivity index (χ4v) is 3.30. The normalized spacial score (nSPS) is 15.4. The lowest BCUT2D eigenvalue weighted by Crippen LogP contribution is -2.44. The third-order valence-corrected chi connectivity index (χ3v) is 4.69. The molecule has 1 heterocycles. The minimum absolute atomic E-state index is 0.0745. The number of carbonyl (C=O) groups is 2. The number of thiol groups is 1. The molecule has 6 nitrogen and oxygen atoms in total. The summed E-state index contributed by atoms with van der Waals surface area (Å²) in [7, 11) is 0. The molecule has 1 aromatic heterocycles. The van der Waals surface area contributed by atoms with Crippen LogP contribution >= 0.6 is 28.6 Å². The van der Waals surface area contributed by atoms with Gasteiger partial charge in [-0.15, -0.1) is 0 Å². The number of rotatable bonds is 8. The maximum atomic E-state index is 13.0. The van der Waals surface area contributed by atoms with Gasteiger partial charge in [-0.2, -0.15) is 17.7 Å². The Balaban J connectivity index is 2.11. The standard InChI is InChI=1S/C14H18BrF2N3O3S/c1-2-23-14(22)8(6-24)18-9(21)5-20-12(7-3-4-7)10(15)11(19-20)13(16)17/h7-8,13,24H,2-6H2,1H3,(H,18,21)/t8-/m0/s1. The zero-order chi connectivity index (χ0) is 17.9. The average molecular weight is 426 g/mol. The van der Waals surface area contributed by atoms with Crippen LogP contribution in [0.3, 0.4) is 0 Å². The van der Waals surface area contributed by atoms with Crippen molar-refractivity contribution in [2.45, 2.75) is 44.7 Å². The zero-order valence-electron chi connectivity index (χ0n) is 13.0. The highest BCUT2D eigenvalue weighted by atomic mass is 79.9. The average Bonchev–Trinajstić information content (AvgIpc) is 3.29. The van der Waals surface area contributed by atoms with Gasteiger partial charge in [0.15, 0.2) is 0 Å². The summed E-state index contributed by atoms with van der Waals surface area (Å²) < 4.78 is 32.4. The first-order valence-electron chi connectivity index (χ1n) is 7.50. The van der Waals surface area contributed by atoms with Gasteiger partial charge in [0, 0.05) is 11.7 Å². The first-order valence-corrected chi connectivity index (χ1v) is 8.92. The number of nitrogens with zero attached hydrogens (tertiary/aromatic N) is 2. The van der Waals surface area contributed by atoms with Crippen molar-refractivity contribution in [2.75, 3.05) is 12.4 Å². The van der Waals surface area contributed by atoms with Gasteiger partial charge in [-0.05, 0) is 35.7 Å². The van der Waals surface area contributed by atoms with Gasteiger partial charge in [-0.25, -0.2) is 13.6 Å². The van der Waals surface area contributed by atoms with Crippen LogP contribution in [0.5, 0.6) is 0 Å². The maximum absolute atomic E-state index is 13.0. The molecular weight excluding hydrogens is 408 g/mol. The molecule has 1 N–H and O–H groups in total. The van der Waals surface area contributed by atoms with Crippen molar-refractivity contribution < 1.29 is 23.1 Å². The molecule has 1 aliphatic rings. The lowest BCUT2D eigenvalue weighted by Gasteiger charge is -2.15. The van der Waals surface area contributed by atoms with E-state index in [1.54, 1.807) is 6.92 Å². The first-order chi connectivity index (χ1) is 11.4. The smallest absolute Gasteiger partial charge is 0.329 e. The van der Waals surface area contributed by atoms with Crippen LogP contribution in [0.25, 0.3) is 0 Å². The summed E-state index contributed by atoms with van der Waals surface area (Å²) >= 11 is 7.17. The summed E-state index contributed by atoms with van der Waals surface area (Å²) in [4.78, 5) is 23.8. The summed E-state index contributed by atoms with van der Waals surface area (Å²) in [5.41, 5.74) is 0.222. The predicted molar refractivity (Wildman–Crippen MR) is 89.3 cm³/mol. The summed E-state index contributed by atoms with van der Waals surface area (Å²) in [5.74, 6) is -0.901. The van der Waals surface area contributed by atoms with Crippen LogP contribution in [-0.2, 0) is 20.9 Å². The SMILES string of the molecule is CCOC(=O)[C@H](CS)NC(=O)Cn1nc(C(F)F)c(Br)c1C1CC1. The third-order valence-electron chi connectivity index (χ3n) is 3.51. The van der Waals surface area contributed by atoms with Gasteiger partial charge >= 0.3 is 5.97 Å². The Morgan fingerprint density at radius 1 is 1.50 bits per heavy atom. The van der Waals surface area contributed by atoms with Gasteiger partial charge in [0.05, 0.1) is 16.8 Å². The monoisotopic (exact) mass is 425 g/mol. The first kappa shape index (κ1) is 19.2. The van der Waals surface area contributed by atoms with E-state index in [1.165, 1.54) is 4.68 Å². The molecular formula is C14H18BrF2N3O3S. The van der Waals surface area contributed by atoms with Crippen LogP contribution in [0.1, 0.15) is 43.5 Å². The number of ether oxygens (including phenoxy) is 1. The Hall–Kier alpha value is -1.16. The molecule has 1 saturated carbocycles.